The Morgan fingerprint density at radius 2 is 2.08 bits per heavy atom. The summed E-state index contributed by atoms with van der Waals surface area (Å²) in [5.41, 5.74) is 4.01. The van der Waals surface area contributed by atoms with Crippen LogP contribution in [-0.2, 0) is 37.0 Å². The van der Waals surface area contributed by atoms with Crippen LogP contribution in [0.4, 0.5) is 0 Å². The minimum Gasteiger partial charge on any atom is -0.351 e. The van der Waals surface area contributed by atoms with Gasteiger partial charge in [0.25, 0.3) is 0 Å². The molecule has 2 aliphatic rings. The molecular formula is C20H26N4O. The van der Waals surface area contributed by atoms with E-state index in [1.165, 1.54) is 24.0 Å². The van der Waals surface area contributed by atoms with Gasteiger partial charge in [0, 0.05) is 24.9 Å². The minimum absolute atomic E-state index is 0.116. The zero-order chi connectivity index (χ0) is 17.4. The Hall–Kier alpha value is -2.17. The third-order valence-electron chi connectivity index (χ3n) is 5.38. The number of nitrogens with zero attached hydrogens (tertiary/aromatic N) is 3. The number of amides is 1. The van der Waals surface area contributed by atoms with Crippen molar-refractivity contribution >= 4 is 5.91 Å². The van der Waals surface area contributed by atoms with Gasteiger partial charge in [-0.3, -0.25) is 4.79 Å². The van der Waals surface area contributed by atoms with Crippen molar-refractivity contribution in [1.82, 2.24) is 20.1 Å². The van der Waals surface area contributed by atoms with Crippen LogP contribution in [0.25, 0.3) is 0 Å². The first kappa shape index (κ1) is 16.3. The van der Waals surface area contributed by atoms with E-state index in [1.807, 2.05) is 0 Å². The highest BCUT2D eigenvalue weighted by molar-refractivity contribution is 5.79. The highest BCUT2D eigenvalue weighted by Gasteiger charge is 2.25. The van der Waals surface area contributed by atoms with Crippen molar-refractivity contribution in [2.24, 2.45) is 0 Å². The van der Waals surface area contributed by atoms with Gasteiger partial charge in [0.1, 0.15) is 11.6 Å². The van der Waals surface area contributed by atoms with Crippen LogP contribution in [0, 0.1) is 0 Å². The second-order valence-corrected chi connectivity index (χ2v) is 7.68. The SMILES string of the molecule is CC(C)c1nnc2n1CC(NC(=O)Cc1ccc3c(c1)CCC3)CC2. The second-order valence-electron chi connectivity index (χ2n) is 7.68. The third-order valence-corrected chi connectivity index (χ3v) is 5.38. The summed E-state index contributed by atoms with van der Waals surface area (Å²) < 4.78 is 2.19. The number of carbonyl (C=O) groups excluding carboxylic acids is 1. The standard InChI is InChI=1S/C20H26N4O/c1-13(2)20-23-22-18-9-8-17(12-24(18)20)21-19(25)11-14-6-7-15-4-3-5-16(15)10-14/h6-7,10,13,17H,3-5,8-9,11-12H2,1-2H3,(H,21,25). The van der Waals surface area contributed by atoms with Crippen molar-refractivity contribution in [3.63, 3.8) is 0 Å². The summed E-state index contributed by atoms with van der Waals surface area (Å²) >= 11 is 0. The molecule has 2 aromatic rings. The van der Waals surface area contributed by atoms with E-state index in [4.69, 9.17) is 0 Å². The van der Waals surface area contributed by atoms with Crippen LogP contribution in [0.5, 0.6) is 0 Å². The molecule has 0 saturated heterocycles. The first-order valence-corrected chi connectivity index (χ1v) is 9.42. The van der Waals surface area contributed by atoms with Gasteiger partial charge >= 0.3 is 0 Å². The van der Waals surface area contributed by atoms with Crippen molar-refractivity contribution in [3.05, 3.63) is 46.5 Å². The van der Waals surface area contributed by atoms with Crippen LogP contribution in [0.3, 0.4) is 0 Å². The van der Waals surface area contributed by atoms with Crippen LogP contribution in [0.2, 0.25) is 0 Å². The number of rotatable bonds is 4. The van der Waals surface area contributed by atoms with Crippen LogP contribution < -0.4 is 5.32 Å². The highest BCUT2D eigenvalue weighted by Crippen LogP contribution is 2.23. The van der Waals surface area contributed by atoms with E-state index in [9.17, 15) is 4.79 Å². The van der Waals surface area contributed by atoms with Gasteiger partial charge in [-0.2, -0.15) is 0 Å². The lowest BCUT2D eigenvalue weighted by Crippen LogP contribution is -2.42. The first-order chi connectivity index (χ1) is 12.1. The van der Waals surface area contributed by atoms with E-state index >= 15 is 0 Å². The lowest BCUT2D eigenvalue weighted by atomic mass is 10.0. The molecule has 25 heavy (non-hydrogen) atoms. The number of carbonyl (C=O) groups is 1. The zero-order valence-electron chi connectivity index (χ0n) is 15.1. The van der Waals surface area contributed by atoms with Crippen LogP contribution in [0.15, 0.2) is 18.2 Å². The summed E-state index contributed by atoms with van der Waals surface area (Å²) in [5, 5.41) is 11.8. The molecule has 4 rings (SSSR count). The van der Waals surface area contributed by atoms with Crippen molar-refractivity contribution in [3.8, 4) is 0 Å². The van der Waals surface area contributed by atoms with E-state index in [1.54, 1.807) is 0 Å². The molecule has 1 aromatic carbocycles. The van der Waals surface area contributed by atoms with Crippen molar-refractivity contribution in [1.29, 1.82) is 0 Å². The average Bonchev–Trinajstić information content (AvgIpc) is 3.20. The molecule has 1 aromatic heterocycles. The smallest absolute Gasteiger partial charge is 0.224 e. The first-order valence-electron chi connectivity index (χ1n) is 9.42. The Morgan fingerprint density at radius 1 is 1.24 bits per heavy atom. The van der Waals surface area contributed by atoms with Crippen LogP contribution in [0.1, 0.15) is 60.9 Å². The molecular weight excluding hydrogens is 312 g/mol. The fourth-order valence-corrected chi connectivity index (χ4v) is 4.09. The quantitative estimate of drug-likeness (QED) is 0.932. The fraction of sp³-hybridized carbons (Fsp3) is 0.550. The van der Waals surface area contributed by atoms with Gasteiger partial charge < -0.3 is 9.88 Å². The van der Waals surface area contributed by atoms with Gasteiger partial charge in [0.05, 0.1) is 6.42 Å². The van der Waals surface area contributed by atoms with Crippen molar-refractivity contribution < 1.29 is 4.79 Å². The Morgan fingerprint density at radius 3 is 2.92 bits per heavy atom. The molecule has 1 aliphatic heterocycles. The summed E-state index contributed by atoms with van der Waals surface area (Å²) in [6.45, 7) is 5.05. The molecule has 132 valence electrons. The number of hydrogen-bond acceptors (Lipinski definition) is 3. The number of aromatic nitrogens is 3. The Bertz CT molecular complexity index is 793. The summed E-state index contributed by atoms with van der Waals surface area (Å²) in [5.74, 6) is 2.54. The van der Waals surface area contributed by atoms with E-state index in [0.717, 1.165) is 43.0 Å². The monoisotopic (exact) mass is 338 g/mol. The highest BCUT2D eigenvalue weighted by atomic mass is 16.1. The lowest BCUT2D eigenvalue weighted by molar-refractivity contribution is -0.121. The predicted octanol–water partition coefficient (Wildman–Crippen LogP) is 2.56. The van der Waals surface area contributed by atoms with Gasteiger partial charge in [0.15, 0.2) is 0 Å². The Labute approximate surface area is 148 Å². The Kier molecular flexibility index (Phi) is 4.32. The predicted molar refractivity (Wildman–Crippen MR) is 96.5 cm³/mol. The van der Waals surface area contributed by atoms with Gasteiger partial charge in [-0.25, -0.2) is 0 Å². The average molecular weight is 338 g/mol. The van der Waals surface area contributed by atoms with Gasteiger partial charge in [0.2, 0.25) is 5.91 Å². The molecule has 5 heteroatoms. The normalized spacial score (nSPS) is 18.9. The van der Waals surface area contributed by atoms with Crippen molar-refractivity contribution in [2.75, 3.05) is 0 Å². The van der Waals surface area contributed by atoms with E-state index < -0.39 is 0 Å². The summed E-state index contributed by atoms with van der Waals surface area (Å²) in [4.78, 5) is 12.5. The molecule has 1 N–H and O–H groups in total. The molecule has 0 fully saturated rings. The van der Waals surface area contributed by atoms with E-state index in [0.29, 0.717) is 12.3 Å². The third kappa shape index (κ3) is 3.32. The maximum atomic E-state index is 12.5. The maximum Gasteiger partial charge on any atom is 0.224 e. The van der Waals surface area contributed by atoms with Gasteiger partial charge in [-0.1, -0.05) is 32.0 Å². The maximum absolute atomic E-state index is 12.5. The molecule has 1 amide bonds. The number of nitrogens with one attached hydrogen (secondary N) is 1. The van der Waals surface area contributed by atoms with Crippen molar-refractivity contribution in [2.45, 2.75) is 70.9 Å². The molecule has 1 unspecified atom stereocenters. The van der Waals surface area contributed by atoms with Gasteiger partial charge in [-0.05, 0) is 42.4 Å². The summed E-state index contributed by atoms with van der Waals surface area (Å²) in [7, 11) is 0. The number of benzene rings is 1. The van der Waals surface area contributed by atoms with Gasteiger partial charge in [-0.15, -0.1) is 10.2 Å². The number of hydrogen-bond donors (Lipinski definition) is 1. The Balaban J connectivity index is 1.39. The van der Waals surface area contributed by atoms with Crippen LogP contribution in [-0.4, -0.2) is 26.7 Å². The molecule has 0 bridgehead atoms. The lowest BCUT2D eigenvalue weighted by Gasteiger charge is -2.26. The fourth-order valence-electron chi connectivity index (χ4n) is 4.09. The summed E-state index contributed by atoms with van der Waals surface area (Å²) in [6, 6.07) is 6.70. The largest absolute Gasteiger partial charge is 0.351 e. The molecule has 0 spiro atoms. The number of aryl methyl sites for hydroxylation is 3. The molecule has 0 radical (unpaired) electrons. The van der Waals surface area contributed by atoms with Crippen LogP contribution >= 0.6 is 0 Å². The minimum atomic E-state index is 0.116. The topological polar surface area (TPSA) is 59.8 Å². The number of fused-ring (bicyclic) bond motifs is 2. The zero-order valence-corrected chi connectivity index (χ0v) is 15.1. The molecule has 2 heterocycles. The second kappa shape index (κ2) is 6.62. The molecule has 0 saturated carbocycles. The van der Waals surface area contributed by atoms with E-state index in [-0.39, 0.29) is 11.9 Å². The summed E-state index contributed by atoms with van der Waals surface area (Å²) in [6.07, 6.45) is 5.86. The molecule has 5 nitrogen and oxygen atoms in total. The molecule has 1 aliphatic carbocycles. The molecule has 1 atom stereocenters. The van der Waals surface area contributed by atoms with E-state index in [2.05, 4.69) is 52.1 Å².